The zero-order valence-corrected chi connectivity index (χ0v) is 12.1. The quantitative estimate of drug-likeness (QED) is 0.625. The first kappa shape index (κ1) is 29.3. The zero-order valence-electron chi connectivity index (χ0n) is 9.93. The molecule has 0 unspecified atom stereocenters. The molecule has 5 heteroatoms. The second-order valence-corrected chi connectivity index (χ2v) is 3.28. The summed E-state index contributed by atoms with van der Waals surface area (Å²) in [5, 5.41) is 24.2. The van der Waals surface area contributed by atoms with Crippen LogP contribution in [0, 0.1) is 0 Å². The fourth-order valence-electron chi connectivity index (χ4n) is 0. The largest absolute Gasteiger partial charge is 0.394 e. The summed E-state index contributed by atoms with van der Waals surface area (Å²) in [6, 6.07) is 0. The SMILES string of the molecule is CC(C)O.CC(C)O.CC(C)O.Cl.[V]. The van der Waals surface area contributed by atoms with Crippen molar-refractivity contribution in [1.29, 1.82) is 0 Å². The maximum Gasteiger partial charge on any atom is 0.0483 e. The van der Waals surface area contributed by atoms with Gasteiger partial charge in [0.25, 0.3) is 0 Å². The Morgan fingerprint density at radius 2 is 0.571 bits per heavy atom. The molecule has 91 valence electrons. The third-order valence-electron chi connectivity index (χ3n) is 0. The average Bonchev–Trinajstić information content (AvgIpc) is 1.54. The Bertz CT molecular complexity index is 48.5. The van der Waals surface area contributed by atoms with E-state index in [1.165, 1.54) is 0 Å². The molecule has 0 rings (SSSR count). The van der Waals surface area contributed by atoms with Crippen LogP contribution in [0.4, 0.5) is 0 Å². The average molecular weight is 268 g/mol. The van der Waals surface area contributed by atoms with Crippen LogP contribution in [-0.2, 0) is 18.6 Å². The number of aliphatic hydroxyl groups excluding tert-OH is 3. The number of hydrogen-bond acceptors (Lipinski definition) is 3. The minimum Gasteiger partial charge on any atom is -0.394 e. The summed E-state index contributed by atoms with van der Waals surface area (Å²) in [6.07, 6.45) is -0.500. The van der Waals surface area contributed by atoms with Gasteiger partial charge in [-0.1, -0.05) is 0 Å². The third-order valence-corrected chi connectivity index (χ3v) is 0. The van der Waals surface area contributed by atoms with E-state index < -0.39 is 0 Å². The van der Waals surface area contributed by atoms with Gasteiger partial charge >= 0.3 is 0 Å². The molecular weight excluding hydrogens is 242 g/mol. The maximum absolute atomic E-state index is 8.06. The zero-order chi connectivity index (χ0) is 10.7. The van der Waals surface area contributed by atoms with E-state index in [0.29, 0.717) is 0 Å². The molecule has 0 heterocycles. The molecule has 14 heavy (non-hydrogen) atoms. The molecule has 0 saturated heterocycles. The van der Waals surface area contributed by atoms with Crippen molar-refractivity contribution in [2.75, 3.05) is 0 Å². The predicted octanol–water partition coefficient (Wildman–Crippen LogP) is 1.58. The molecule has 1 radical (unpaired) electrons. The molecule has 0 atom stereocenters. The molecule has 0 fully saturated rings. The Labute approximate surface area is 106 Å². The molecule has 0 aromatic rings. The van der Waals surface area contributed by atoms with E-state index in [-0.39, 0.29) is 49.3 Å². The topological polar surface area (TPSA) is 60.7 Å². The summed E-state index contributed by atoms with van der Waals surface area (Å²) in [6.45, 7) is 10.3. The molecule has 0 saturated carbocycles. The molecule has 0 aliphatic rings. The van der Waals surface area contributed by atoms with Crippen molar-refractivity contribution in [2.24, 2.45) is 0 Å². The van der Waals surface area contributed by atoms with Crippen molar-refractivity contribution in [3.63, 3.8) is 0 Å². The number of rotatable bonds is 0. The van der Waals surface area contributed by atoms with Gasteiger partial charge in [-0.05, 0) is 41.5 Å². The van der Waals surface area contributed by atoms with Crippen LogP contribution in [0.3, 0.4) is 0 Å². The van der Waals surface area contributed by atoms with Crippen molar-refractivity contribution >= 4 is 12.4 Å². The first-order valence-electron chi connectivity index (χ1n) is 4.24. The number of aliphatic hydroxyl groups is 3. The van der Waals surface area contributed by atoms with Gasteiger partial charge < -0.3 is 15.3 Å². The van der Waals surface area contributed by atoms with E-state index in [1.807, 2.05) is 0 Å². The van der Waals surface area contributed by atoms with Crippen LogP contribution in [0.1, 0.15) is 41.5 Å². The second kappa shape index (κ2) is 23.5. The van der Waals surface area contributed by atoms with Gasteiger partial charge in [0.1, 0.15) is 0 Å². The Kier molecular flexibility index (Phi) is 49.3. The minimum atomic E-state index is -0.167. The van der Waals surface area contributed by atoms with E-state index >= 15 is 0 Å². The smallest absolute Gasteiger partial charge is 0.0483 e. The summed E-state index contributed by atoms with van der Waals surface area (Å²) < 4.78 is 0. The maximum atomic E-state index is 8.06. The summed E-state index contributed by atoms with van der Waals surface area (Å²) in [5.41, 5.74) is 0. The molecular formula is C9H25ClO3V. The Morgan fingerprint density at radius 3 is 0.571 bits per heavy atom. The van der Waals surface area contributed by atoms with Crippen LogP contribution >= 0.6 is 12.4 Å². The van der Waals surface area contributed by atoms with Gasteiger partial charge in [0.05, 0.1) is 0 Å². The predicted molar refractivity (Wildman–Crippen MR) is 59.3 cm³/mol. The van der Waals surface area contributed by atoms with E-state index in [1.54, 1.807) is 41.5 Å². The Morgan fingerprint density at radius 1 is 0.571 bits per heavy atom. The summed E-state index contributed by atoms with van der Waals surface area (Å²) in [5.74, 6) is 0. The first-order valence-corrected chi connectivity index (χ1v) is 4.24. The molecule has 3 N–H and O–H groups in total. The van der Waals surface area contributed by atoms with Gasteiger partial charge in [-0.3, -0.25) is 0 Å². The van der Waals surface area contributed by atoms with Gasteiger partial charge in [-0.15, -0.1) is 12.4 Å². The molecule has 0 aliphatic heterocycles. The van der Waals surface area contributed by atoms with Crippen LogP contribution in [0.15, 0.2) is 0 Å². The van der Waals surface area contributed by atoms with Gasteiger partial charge in [0.2, 0.25) is 0 Å². The van der Waals surface area contributed by atoms with E-state index in [0.717, 1.165) is 0 Å². The van der Waals surface area contributed by atoms with E-state index in [4.69, 9.17) is 15.3 Å². The van der Waals surface area contributed by atoms with Gasteiger partial charge in [-0.25, -0.2) is 0 Å². The third kappa shape index (κ3) is 3100. The van der Waals surface area contributed by atoms with Gasteiger partial charge in [-0.2, -0.15) is 0 Å². The van der Waals surface area contributed by atoms with Crippen molar-refractivity contribution in [3.05, 3.63) is 0 Å². The van der Waals surface area contributed by atoms with Crippen molar-refractivity contribution in [1.82, 2.24) is 0 Å². The molecule has 0 aromatic carbocycles. The number of hydrogen-bond donors (Lipinski definition) is 3. The number of halogens is 1. The van der Waals surface area contributed by atoms with Crippen molar-refractivity contribution in [3.8, 4) is 0 Å². The van der Waals surface area contributed by atoms with Crippen LogP contribution in [0.25, 0.3) is 0 Å². The molecule has 0 amide bonds. The van der Waals surface area contributed by atoms with E-state index in [9.17, 15) is 0 Å². The molecule has 0 aliphatic carbocycles. The van der Waals surface area contributed by atoms with Crippen LogP contribution in [-0.4, -0.2) is 33.6 Å². The summed E-state index contributed by atoms with van der Waals surface area (Å²) in [4.78, 5) is 0. The molecule has 0 spiro atoms. The Balaban J connectivity index is -0.0000000270. The second-order valence-electron chi connectivity index (χ2n) is 3.28. The Hall–Kier alpha value is 0.754. The van der Waals surface area contributed by atoms with Gasteiger partial charge in [0.15, 0.2) is 0 Å². The fourth-order valence-corrected chi connectivity index (χ4v) is 0. The molecule has 0 aromatic heterocycles. The van der Waals surface area contributed by atoms with Crippen LogP contribution < -0.4 is 0 Å². The van der Waals surface area contributed by atoms with Crippen molar-refractivity contribution < 1.29 is 33.9 Å². The normalized spacial score (nSPS) is 7.71. The minimum absolute atomic E-state index is 0. The summed E-state index contributed by atoms with van der Waals surface area (Å²) >= 11 is 0. The summed E-state index contributed by atoms with van der Waals surface area (Å²) in [7, 11) is 0. The first-order chi connectivity index (χ1) is 5.20. The van der Waals surface area contributed by atoms with Gasteiger partial charge in [0, 0.05) is 36.9 Å². The molecule has 3 nitrogen and oxygen atoms in total. The molecule has 0 bridgehead atoms. The fraction of sp³-hybridized carbons (Fsp3) is 1.00. The monoisotopic (exact) mass is 267 g/mol. The van der Waals surface area contributed by atoms with Crippen molar-refractivity contribution in [2.45, 2.75) is 59.9 Å². The van der Waals surface area contributed by atoms with E-state index in [2.05, 4.69) is 0 Å². The van der Waals surface area contributed by atoms with Crippen LogP contribution in [0.2, 0.25) is 0 Å². The van der Waals surface area contributed by atoms with Crippen LogP contribution in [0.5, 0.6) is 0 Å². The standard InChI is InChI=1S/3C3H8O.ClH.V/c3*1-3(2)4;;/h3*3-4H,1-2H3;1H;.